The highest BCUT2D eigenvalue weighted by atomic mass is 35.5. The van der Waals surface area contributed by atoms with Gasteiger partial charge < -0.3 is 10.5 Å². The number of hydrogen-bond donors (Lipinski definition) is 1. The van der Waals surface area contributed by atoms with Gasteiger partial charge in [0.1, 0.15) is 11.9 Å². The average molecular weight is 270 g/mol. The van der Waals surface area contributed by atoms with Crippen LogP contribution < -0.4 is 10.5 Å². The fourth-order valence-corrected chi connectivity index (χ4v) is 2.29. The summed E-state index contributed by atoms with van der Waals surface area (Å²) in [5.41, 5.74) is 7.93. The van der Waals surface area contributed by atoms with Gasteiger partial charge in [-0.2, -0.15) is 0 Å². The maximum absolute atomic E-state index is 6.25. The minimum absolute atomic E-state index is 0.0462. The van der Waals surface area contributed by atoms with Crippen LogP contribution in [0, 0.1) is 12.8 Å². The van der Waals surface area contributed by atoms with E-state index in [9.17, 15) is 0 Å². The Morgan fingerprint density at radius 3 is 2.28 bits per heavy atom. The van der Waals surface area contributed by atoms with E-state index in [2.05, 4.69) is 27.7 Å². The van der Waals surface area contributed by atoms with Crippen molar-refractivity contribution >= 4 is 11.6 Å². The third-order valence-corrected chi connectivity index (χ3v) is 3.50. The molecule has 2 nitrogen and oxygen atoms in total. The van der Waals surface area contributed by atoms with Crippen molar-refractivity contribution in [3.05, 3.63) is 28.3 Å². The fourth-order valence-electron chi connectivity index (χ4n) is 1.86. The van der Waals surface area contributed by atoms with E-state index in [1.54, 1.807) is 0 Å². The summed E-state index contributed by atoms with van der Waals surface area (Å²) < 4.78 is 6.02. The monoisotopic (exact) mass is 269 g/mol. The molecule has 1 atom stereocenters. The summed E-state index contributed by atoms with van der Waals surface area (Å²) in [6.07, 6.45) is 0.0462. The number of ether oxygens (including phenoxy) is 1. The van der Waals surface area contributed by atoms with Crippen LogP contribution in [0.2, 0.25) is 5.02 Å². The molecule has 0 aliphatic carbocycles. The Balaban J connectivity index is 3.05. The Morgan fingerprint density at radius 2 is 1.83 bits per heavy atom. The summed E-state index contributed by atoms with van der Waals surface area (Å²) in [4.78, 5) is 0. The second-order valence-electron chi connectivity index (χ2n) is 5.43. The molecular weight excluding hydrogens is 246 g/mol. The van der Waals surface area contributed by atoms with Gasteiger partial charge in [0.25, 0.3) is 0 Å². The molecule has 18 heavy (non-hydrogen) atoms. The van der Waals surface area contributed by atoms with Gasteiger partial charge in [-0.05, 0) is 42.0 Å². The van der Waals surface area contributed by atoms with Gasteiger partial charge >= 0.3 is 0 Å². The molecule has 0 aliphatic heterocycles. The first-order chi connectivity index (χ1) is 8.36. The maximum atomic E-state index is 6.25. The average Bonchev–Trinajstić information content (AvgIpc) is 2.26. The van der Waals surface area contributed by atoms with Crippen molar-refractivity contribution in [1.29, 1.82) is 0 Å². The summed E-state index contributed by atoms with van der Waals surface area (Å²) in [7, 11) is 0. The molecule has 0 saturated heterocycles. The Hall–Kier alpha value is -0.730. The maximum Gasteiger partial charge on any atom is 0.123 e. The molecule has 0 aromatic heterocycles. The minimum atomic E-state index is 0.0462. The smallest absolute Gasteiger partial charge is 0.123 e. The van der Waals surface area contributed by atoms with Crippen LogP contribution in [0.1, 0.15) is 44.7 Å². The second kappa shape index (κ2) is 6.44. The standard InChI is InChI=1S/C15H24ClNO/c1-9(2)12-7-14(11(5)6-13(12)16)18-15(8-17)10(3)4/h6-7,9-10,15H,8,17H2,1-5H3. The van der Waals surface area contributed by atoms with E-state index in [1.807, 2.05) is 19.1 Å². The first kappa shape index (κ1) is 15.3. The Kier molecular flexibility index (Phi) is 5.48. The molecule has 3 heteroatoms. The van der Waals surface area contributed by atoms with Crippen LogP contribution in [0.25, 0.3) is 0 Å². The third-order valence-electron chi connectivity index (χ3n) is 3.17. The fraction of sp³-hybridized carbons (Fsp3) is 0.600. The van der Waals surface area contributed by atoms with Crippen molar-refractivity contribution in [2.75, 3.05) is 6.54 Å². The predicted molar refractivity (Wildman–Crippen MR) is 78.6 cm³/mol. The molecule has 0 amide bonds. The van der Waals surface area contributed by atoms with Crippen molar-refractivity contribution in [2.45, 2.75) is 46.6 Å². The van der Waals surface area contributed by atoms with Gasteiger partial charge in [0.2, 0.25) is 0 Å². The van der Waals surface area contributed by atoms with E-state index in [1.165, 1.54) is 0 Å². The Bertz CT molecular complexity index is 402. The molecule has 0 heterocycles. The van der Waals surface area contributed by atoms with Crippen molar-refractivity contribution < 1.29 is 4.74 Å². The van der Waals surface area contributed by atoms with Crippen molar-refractivity contribution in [2.24, 2.45) is 11.7 Å². The second-order valence-corrected chi connectivity index (χ2v) is 5.84. The van der Waals surface area contributed by atoms with Gasteiger partial charge in [0.15, 0.2) is 0 Å². The number of rotatable bonds is 5. The molecule has 0 saturated carbocycles. The van der Waals surface area contributed by atoms with Crippen LogP contribution in [-0.4, -0.2) is 12.6 Å². The van der Waals surface area contributed by atoms with Gasteiger partial charge in [0, 0.05) is 11.6 Å². The number of hydrogen-bond acceptors (Lipinski definition) is 2. The van der Waals surface area contributed by atoms with Crippen molar-refractivity contribution in [3.63, 3.8) is 0 Å². The van der Waals surface area contributed by atoms with Crippen LogP contribution in [0.3, 0.4) is 0 Å². The number of benzene rings is 1. The zero-order valence-electron chi connectivity index (χ0n) is 12.0. The lowest BCUT2D eigenvalue weighted by Crippen LogP contribution is -2.32. The Morgan fingerprint density at radius 1 is 1.22 bits per heavy atom. The van der Waals surface area contributed by atoms with E-state index in [-0.39, 0.29) is 6.10 Å². The number of halogens is 1. The summed E-state index contributed by atoms with van der Waals surface area (Å²) in [5.74, 6) is 1.68. The zero-order valence-corrected chi connectivity index (χ0v) is 12.7. The highest BCUT2D eigenvalue weighted by Gasteiger charge is 2.16. The molecule has 1 unspecified atom stereocenters. The van der Waals surface area contributed by atoms with Crippen LogP contribution >= 0.6 is 11.6 Å². The van der Waals surface area contributed by atoms with E-state index in [0.717, 1.165) is 21.9 Å². The number of aryl methyl sites for hydroxylation is 1. The topological polar surface area (TPSA) is 35.2 Å². The minimum Gasteiger partial charge on any atom is -0.489 e. The van der Waals surface area contributed by atoms with Crippen molar-refractivity contribution in [1.82, 2.24) is 0 Å². The molecule has 0 fully saturated rings. The van der Waals surface area contributed by atoms with Crippen molar-refractivity contribution in [3.8, 4) is 5.75 Å². The molecule has 1 aromatic carbocycles. The lowest BCUT2D eigenvalue weighted by molar-refractivity contribution is 0.158. The third kappa shape index (κ3) is 3.63. The summed E-state index contributed by atoms with van der Waals surface area (Å²) in [6.45, 7) is 11.0. The largest absolute Gasteiger partial charge is 0.489 e. The first-order valence-corrected chi connectivity index (χ1v) is 6.91. The zero-order chi connectivity index (χ0) is 13.9. The van der Waals surface area contributed by atoms with Gasteiger partial charge in [-0.1, -0.05) is 39.3 Å². The lowest BCUT2D eigenvalue weighted by Gasteiger charge is -2.23. The van der Waals surface area contributed by atoms with E-state index in [0.29, 0.717) is 18.4 Å². The molecule has 0 aliphatic rings. The quantitative estimate of drug-likeness (QED) is 0.872. The van der Waals surface area contributed by atoms with E-state index >= 15 is 0 Å². The normalized spacial score (nSPS) is 13.2. The molecular formula is C15H24ClNO. The molecule has 2 N–H and O–H groups in total. The van der Waals surface area contributed by atoms with Crippen LogP contribution in [0.4, 0.5) is 0 Å². The SMILES string of the molecule is Cc1cc(Cl)c(C(C)C)cc1OC(CN)C(C)C. The van der Waals surface area contributed by atoms with Crippen LogP contribution in [-0.2, 0) is 0 Å². The summed E-state index contributed by atoms with van der Waals surface area (Å²) in [5, 5.41) is 0.809. The van der Waals surface area contributed by atoms with Gasteiger partial charge in [-0.3, -0.25) is 0 Å². The molecule has 1 rings (SSSR count). The molecule has 0 spiro atoms. The van der Waals surface area contributed by atoms with E-state index < -0.39 is 0 Å². The summed E-state index contributed by atoms with van der Waals surface area (Å²) >= 11 is 6.25. The number of nitrogens with two attached hydrogens (primary N) is 1. The molecule has 1 aromatic rings. The molecule has 0 bridgehead atoms. The highest BCUT2D eigenvalue weighted by molar-refractivity contribution is 6.31. The highest BCUT2D eigenvalue weighted by Crippen LogP contribution is 2.32. The lowest BCUT2D eigenvalue weighted by atomic mass is 10.0. The van der Waals surface area contributed by atoms with Crippen LogP contribution in [0.5, 0.6) is 5.75 Å². The molecule has 0 radical (unpaired) electrons. The molecule has 102 valence electrons. The van der Waals surface area contributed by atoms with Crippen LogP contribution in [0.15, 0.2) is 12.1 Å². The first-order valence-electron chi connectivity index (χ1n) is 6.53. The van der Waals surface area contributed by atoms with Gasteiger partial charge in [0.05, 0.1) is 0 Å². The Labute approximate surface area is 115 Å². The predicted octanol–water partition coefficient (Wildman–Crippen LogP) is 4.13. The van der Waals surface area contributed by atoms with Gasteiger partial charge in [-0.25, -0.2) is 0 Å². The van der Waals surface area contributed by atoms with Gasteiger partial charge in [-0.15, -0.1) is 0 Å². The van der Waals surface area contributed by atoms with E-state index in [4.69, 9.17) is 22.1 Å². The summed E-state index contributed by atoms with van der Waals surface area (Å²) in [6, 6.07) is 4.02.